The van der Waals surface area contributed by atoms with Crippen LogP contribution in [-0.2, 0) is 4.74 Å². The normalized spacial score (nSPS) is 16.0. The Morgan fingerprint density at radius 1 is 1.41 bits per heavy atom. The lowest BCUT2D eigenvalue weighted by atomic mass is 10.1. The minimum Gasteiger partial charge on any atom is -0.444 e. The van der Waals surface area contributed by atoms with Gasteiger partial charge in [0, 0.05) is 19.6 Å². The highest BCUT2D eigenvalue weighted by molar-refractivity contribution is 14.0. The SMILES string of the molecule is CCNC(=NCC(F)F)NC1CN(C(=O)OC(C)(C)C)C1.I. The van der Waals surface area contributed by atoms with Crippen LogP contribution in [0, 0.1) is 0 Å². The highest BCUT2D eigenvalue weighted by Gasteiger charge is 2.34. The summed E-state index contributed by atoms with van der Waals surface area (Å²) in [6, 6.07) is -0.00649. The van der Waals surface area contributed by atoms with Crippen LogP contribution < -0.4 is 10.6 Å². The van der Waals surface area contributed by atoms with Crippen molar-refractivity contribution in [2.24, 2.45) is 4.99 Å². The third-order valence-electron chi connectivity index (χ3n) is 2.61. The summed E-state index contributed by atoms with van der Waals surface area (Å²) in [6.45, 7) is 8.24. The van der Waals surface area contributed by atoms with Gasteiger partial charge in [-0.15, -0.1) is 24.0 Å². The first kappa shape index (κ1) is 21.1. The Morgan fingerprint density at radius 2 is 2.00 bits per heavy atom. The van der Waals surface area contributed by atoms with E-state index in [1.54, 1.807) is 25.7 Å². The standard InChI is InChI=1S/C13H24F2N4O2.HI/c1-5-16-11(17-6-10(14)15)18-9-7-19(8-9)12(20)21-13(2,3)4;/h9-10H,5-8H2,1-4H3,(H2,16,17,18);1H. The van der Waals surface area contributed by atoms with Crippen LogP contribution in [0.5, 0.6) is 0 Å². The van der Waals surface area contributed by atoms with Crippen LogP contribution in [0.4, 0.5) is 13.6 Å². The number of nitrogens with zero attached hydrogens (tertiary/aromatic N) is 2. The Bertz CT molecular complexity index is 383. The third kappa shape index (κ3) is 7.95. The Balaban J connectivity index is 0.00000441. The summed E-state index contributed by atoms with van der Waals surface area (Å²) in [7, 11) is 0. The zero-order valence-electron chi connectivity index (χ0n) is 13.4. The number of alkyl halides is 2. The molecule has 0 aromatic rings. The molecule has 0 atom stereocenters. The van der Waals surface area contributed by atoms with Gasteiger partial charge in [-0.05, 0) is 27.7 Å². The molecule has 1 heterocycles. The maximum Gasteiger partial charge on any atom is 0.410 e. The quantitative estimate of drug-likeness (QED) is 0.404. The van der Waals surface area contributed by atoms with Crippen LogP contribution >= 0.6 is 24.0 Å². The van der Waals surface area contributed by atoms with Crippen molar-refractivity contribution >= 4 is 36.0 Å². The summed E-state index contributed by atoms with van der Waals surface area (Å²) in [4.78, 5) is 17.1. The molecule has 1 amide bonds. The van der Waals surface area contributed by atoms with Gasteiger partial charge in [-0.3, -0.25) is 0 Å². The fraction of sp³-hybridized carbons (Fsp3) is 0.846. The van der Waals surface area contributed by atoms with Gasteiger partial charge in [0.25, 0.3) is 6.43 Å². The number of carbonyl (C=O) groups is 1. The van der Waals surface area contributed by atoms with E-state index < -0.39 is 18.6 Å². The molecule has 1 aliphatic heterocycles. The molecule has 2 N–H and O–H groups in total. The van der Waals surface area contributed by atoms with Crippen molar-refractivity contribution in [1.29, 1.82) is 0 Å². The summed E-state index contributed by atoms with van der Waals surface area (Å²) in [5.74, 6) is 0.339. The first-order chi connectivity index (χ1) is 9.71. The molecule has 1 saturated heterocycles. The molecule has 0 aliphatic carbocycles. The third-order valence-corrected chi connectivity index (χ3v) is 2.61. The van der Waals surface area contributed by atoms with Crippen LogP contribution in [0.1, 0.15) is 27.7 Å². The van der Waals surface area contributed by atoms with E-state index in [4.69, 9.17) is 4.74 Å². The molecule has 0 spiro atoms. The molecule has 1 aliphatic rings. The molecule has 0 aromatic carbocycles. The van der Waals surface area contributed by atoms with Crippen LogP contribution in [0.25, 0.3) is 0 Å². The molecule has 0 bridgehead atoms. The number of hydrogen-bond donors (Lipinski definition) is 2. The van der Waals surface area contributed by atoms with E-state index >= 15 is 0 Å². The van der Waals surface area contributed by atoms with Gasteiger partial charge in [-0.1, -0.05) is 0 Å². The Labute approximate surface area is 147 Å². The zero-order valence-corrected chi connectivity index (χ0v) is 15.7. The molecular formula is C13H25F2IN4O2. The minimum absolute atomic E-state index is 0. The molecule has 6 nitrogen and oxygen atoms in total. The van der Waals surface area contributed by atoms with Crippen molar-refractivity contribution in [2.75, 3.05) is 26.2 Å². The first-order valence-electron chi connectivity index (χ1n) is 7.02. The predicted octanol–water partition coefficient (Wildman–Crippen LogP) is 2.04. The van der Waals surface area contributed by atoms with Crippen LogP contribution in [0.15, 0.2) is 4.99 Å². The summed E-state index contributed by atoms with van der Waals surface area (Å²) in [5.41, 5.74) is -0.525. The molecule has 22 heavy (non-hydrogen) atoms. The second kappa shape index (κ2) is 9.31. The van der Waals surface area contributed by atoms with E-state index in [1.165, 1.54) is 0 Å². The summed E-state index contributed by atoms with van der Waals surface area (Å²) < 4.78 is 29.6. The number of hydrogen-bond acceptors (Lipinski definition) is 3. The highest BCUT2D eigenvalue weighted by atomic mass is 127. The van der Waals surface area contributed by atoms with Gasteiger partial charge >= 0.3 is 6.09 Å². The number of halogens is 3. The smallest absolute Gasteiger partial charge is 0.410 e. The van der Waals surface area contributed by atoms with E-state index in [9.17, 15) is 13.6 Å². The van der Waals surface area contributed by atoms with Crippen LogP contribution in [-0.4, -0.2) is 61.2 Å². The number of aliphatic imine (C=N–C) groups is 1. The lowest BCUT2D eigenvalue weighted by Gasteiger charge is -2.40. The average molecular weight is 434 g/mol. The lowest BCUT2D eigenvalue weighted by Crippen LogP contribution is -2.63. The van der Waals surface area contributed by atoms with E-state index in [2.05, 4.69) is 15.6 Å². The summed E-state index contributed by atoms with van der Waals surface area (Å²) in [5, 5.41) is 5.90. The first-order valence-corrected chi connectivity index (χ1v) is 7.02. The van der Waals surface area contributed by atoms with Crippen molar-refractivity contribution in [1.82, 2.24) is 15.5 Å². The molecule has 0 aromatic heterocycles. The number of carbonyl (C=O) groups excluding carboxylic acids is 1. The topological polar surface area (TPSA) is 66.0 Å². The Hall–Kier alpha value is -0.870. The molecule has 9 heteroatoms. The van der Waals surface area contributed by atoms with E-state index in [-0.39, 0.29) is 36.1 Å². The van der Waals surface area contributed by atoms with Gasteiger partial charge in [0.1, 0.15) is 12.1 Å². The molecule has 1 fully saturated rings. The van der Waals surface area contributed by atoms with Crippen molar-refractivity contribution in [3.8, 4) is 0 Å². The van der Waals surface area contributed by atoms with Crippen LogP contribution in [0.3, 0.4) is 0 Å². The fourth-order valence-electron chi connectivity index (χ4n) is 1.72. The number of guanidine groups is 1. The van der Waals surface area contributed by atoms with E-state index in [0.29, 0.717) is 25.6 Å². The van der Waals surface area contributed by atoms with Crippen molar-refractivity contribution in [3.05, 3.63) is 0 Å². The molecule has 1 rings (SSSR count). The number of nitrogens with one attached hydrogen (secondary N) is 2. The number of rotatable bonds is 4. The van der Waals surface area contributed by atoms with Gasteiger partial charge < -0.3 is 20.3 Å². The zero-order chi connectivity index (χ0) is 16.0. The monoisotopic (exact) mass is 434 g/mol. The van der Waals surface area contributed by atoms with Crippen molar-refractivity contribution in [2.45, 2.75) is 45.8 Å². The average Bonchev–Trinajstić information content (AvgIpc) is 2.27. The van der Waals surface area contributed by atoms with Crippen molar-refractivity contribution in [3.63, 3.8) is 0 Å². The van der Waals surface area contributed by atoms with Gasteiger partial charge in [0.2, 0.25) is 0 Å². The molecule has 0 unspecified atom stereocenters. The number of ether oxygens (including phenoxy) is 1. The summed E-state index contributed by atoms with van der Waals surface area (Å²) in [6.07, 6.45) is -2.84. The molecule has 130 valence electrons. The predicted molar refractivity (Wildman–Crippen MR) is 92.1 cm³/mol. The lowest BCUT2D eigenvalue weighted by molar-refractivity contribution is 0.00701. The maximum absolute atomic E-state index is 12.2. The molecular weight excluding hydrogens is 409 g/mol. The summed E-state index contributed by atoms with van der Waals surface area (Å²) >= 11 is 0. The van der Waals surface area contributed by atoms with Gasteiger partial charge in [-0.25, -0.2) is 18.6 Å². The number of amides is 1. The highest BCUT2D eigenvalue weighted by Crippen LogP contribution is 2.15. The largest absolute Gasteiger partial charge is 0.444 e. The second-order valence-electron chi connectivity index (χ2n) is 5.84. The van der Waals surface area contributed by atoms with Gasteiger partial charge in [0.05, 0.1) is 6.04 Å². The second-order valence-corrected chi connectivity index (χ2v) is 5.84. The Kier molecular flexibility index (Phi) is 8.94. The fourth-order valence-corrected chi connectivity index (χ4v) is 1.72. The van der Waals surface area contributed by atoms with Gasteiger partial charge in [0.15, 0.2) is 5.96 Å². The maximum atomic E-state index is 12.2. The van der Waals surface area contributed by atoms with Gasteiger partial charge in [-0.2, -0.15) is 0 Å². The van der Waals surface area contributed by atoms with E-state index in [1.807, 2.05) is 6.92 Å². The van der Waals surface area contributed by atoms with E-state index in [0.717, 1.165) is 0 Å². The van der Waals surface area contributed by atoms with Crippen LogP contribution in [0.2, 0.25) is 0 Å². The molecule has 0 saturated carbocycles. The van der Waals surface area contributed by atoms with Crippen molar-refractivity contribution < 1.29 is 18.3 Å². The minimum atomic E-state index is -2.47. The Morgan fingerprint density at radius 3 is 2.45 bits per heavy atom. The molecule has 0 radical (unpaired) electrons. The number of likely N-dealkylation sites (tertiary alicyclic amines) is 1.